The molecule has 21 heavy (non-hydrogen) atoms. The second-order valence-corrected chi connectivity index (χ2v) is 7.17. The maximum atomic E-state index is 14.2. The van der Waals surface area contributed by atoms with Crippen LogP contribution in [0.25, 0.3) is 0 Å². The Morgan fingerprint density at radius 2 is 2.05 bits per heavy atom. The van der Waals surface area contributed by atoms with Gasteiger partial charge < -0.3 is 4.55 Å². The fourth-order valence-corrected chi connectivity index (χ4v) is 4.07. The van der Waals surface area contributed by atoms with Gasteiger partial charge in [-0.2, -0.15) is 4.98 Å². The Labute approximate surface area is 125 Å². The molecule has 1 aliphatic carbocycles. The molecule has 2 aliphatic rings. The van der Waals surface area contributed by atoms with Gasteiger partial charge in [-0.05, 0) is 18.4 Å². The van der Waals surface area contributed by atoms with Gasteiger partial charge in [-0.3, -0.25) is 0 Å². The van der Waals surface area contributed by atoms with Crippen LogP contribution in [0, 0.1) is 5.92 Å². The van der Waals surface area contributed by atoms with Gasteiger partial charge in [0.2, 0.25) is 0 Å². The molecule has 4 rings (SSSR count). The highest BCUT2D eigenvalue weighted by Gasteiger charge is 2.38. The molecule has 0 unspecified atom stereocenters. The van der Waals surface area contributed by atoms with Crippen molar-refractivity contribution in [3.8, 4) is 0 Å². The van der Waals surface area contributed by atoms with Crippen LogP contribution in [0.1, 0.15) is 42.9 Å². The fraction of sp³-hybridized carbons (Fsp3) is 0.467. The minimum Gasteiger partial charge on any atom is -0.609 e. The molecule has 0 amide bonds. The molecule has 1 aromatic carbocycles. The maximum Gasteiger partial charge on any atom is 0.361 e. The molecule has 2 heterocycles. The number of hydrogen-bond donors (Lipinski definition) is 0. The predicted molar refractivity (Wildman–Crippen MR) is 77.1 cm³/mol. The number of alkyl halides is 1. The number of fused-ring (bicyclic) bond motifs is 1. The zero-order chi connectivity index (χ0) is 14.4. The van der Waals surface area contributed by atoms with Gasteiger partial charge in [0, 0.05) is 23.5 Å². The number of benzene rings is 1. The molecule has 6 heteroatoms. The highest BCUT2D eigenvalue weighted by molar-refractivity contribution is 7.91. The third-order valence-corrected chi connectivity index (χ3v) is 5.47. The van der Waals surface area contributed by atoms with Gasteiger partial charge in [0.05, 0.1) is 6.04 Å². The summed E-state index contributed by atoms with van der Waals surface area (Å²) >= 11 is -1.20. The van der Waals surface area contributed by atoms with Gasteiger partial charge in [-0.1, -0.05) is 30.3 Å². The van der Waals surface area contributed by atoms with E-state index in [1.54, 1.807) is 4.68 Å². The quantitative estimate of drug-likeness (QED) is 0.816. The van der Waals surface area contributed by atoms with Crippen LogP contribution in [0.4, 0.5) is 4.39 Å². The molecular formula is C15H16FN3OS. The van der Waals surface area contributed by atoms with Gasteiger partial charge in [-0.15, -0.1) is 5.10 Å². The third kappa shape index (κ3) is 2.46. The van der Waals surface area contributed by atoms with Crippen molar-refractivity contribution in [3.63, 3.8) is 0 Å². The third-order valence-electron chi connectivity index (χ3n) is 4.12. The summed E-state index contributed by atoms with van der Waals surface area (Å²) in [7, 11) is 0. The van der Waals surface area contributed by atoms with E-state index in [1.807, 2.05) is 30.3 Å². The van der Waals surface area contributed by atoms with Crippen LogP contribution < -0.4 is 0 Å². The molecule has 1 aliphatic heterocycles. The second-order valence-electron chi connectivity index (χ2n) is 5.78. The monoisotopic (exact) mass is 305 g/mol. The lowest BCUT2D eigenvalue weighted by Crippen LogP contribution is -2.13. The summed E-state index contributed by atoms with van der Waals surface area (Å²) in [6, 6.07) is 9.59. The van der Waals surface area contributed by atoms with Gasteiger partial charge >= 0.3 is 5.16 Å². The zero-order valence-corrected chi connectivity index (χ0v) is 12.3. The van der Waals surface area contributed by atoms with Crippen molar-refractivity contribution in [1.29, 1.82) is 0 Å². The lowest BCUT2D eigenvalue weighted by Gasteiger charge is -2.11. The molecule has 0 radical (unpaired) electrons. The zero-order valence-electron chi connectivity index (χ0n) is 11.5. The molecule has 4 nitrogen and oxygen atoms in total. The Bertz CT molecular complexity index is 644. The van der Waals surface area contributed by atoms with Crippen molar-refractivity contribution < 1.29 is 8.94 Å². The van der Waals surface area contributed by atoms with Crippen LogP contribution in [0.3, 0.4) is 0 Å². The number of aromatic nitrogens is 3. The molecule has 0 spiro atoms. The van der Waals surface area contributed by atoms with Crippen molar-refractivity contribution in [2.75, 3.05) is 5.75 Å². The molecule has 1 aromatic heterocycles. The molecule has 0 bridgehead atoms. The lowest BCUT2D eigenvalue weighted by atomic mass is 10.0. The highest BCUT2D eigenvalue weighted by atomic mass is 32.2. The fourth-order valence-electron chi connectivity index (χ4n) is 2.78. The van der Waals surface area contributed by atoms with Crippen LogP contribution in [0.5, 0.6) is 0 Å². The summed E-state index contributed by atoms with van der Waals surface area (Å²) in [4.78, 5) is 4.20. The Balaban J connectivity index is 1.64. The number of hydrogen-bond acceptors (Lipinski definition) is 3. The van der Waals surface area contributed by atoms with E-state index in [2.05, 4.69) is 10.1 Å². The Morgan fingerprint density at radius 3 is 2.76 bits per heavy atom. The topological polar surface area (TPSA) is 53.8 Å². The molecular weight excluding hydrogens is 289 g/mol. The van der Waals surface area contributed by atoms with Crippen molar-refractivity contribution in [2.45, 2.75) is 36.6 Å². The average Bonchev–Trinajstić information content (AvgIpc) is 3.11. The van der Waals surface area contributed by atoms with Gasteiger partial charge in [0.1, 0.15) is 5.75 Å². The van der Waals surface area contributed by atoms with E-state index in [-0.39, 0.29) is 6.04 Å². The Hall–Kier alpha value is -1.40. The molecule has 110 valence electrons. The summed E-state index contributed by atoms with van der Waals surface area (Å²) in [6.07, 6.45) is 1.50. The van der Waals surface area contributed by atoms with E-state index < -0.39 is 17.3 Å². The van der Waals surface area contributed by atoms with Crippen LogP contribution in [0.2, 0.25) is 0 Å². The highest BCUT2D eigenvalue weighted by Crippen LogP contribution is 2.40. The lowest BCUT2D eigenvalue weighted by molar-refractivity contribution is 0.326. The Kier molecular flexibility index (Phi) is 3.23. The first-order valence-electron chi connectivity index (χ1n) is 7.26. The molecule has 1 saturated carbocycles. The summed E-state index contributed by atoms with van der Waals surface area (Å²) < 4.78 is 28.0. The van der Waals surface area contributed by atoms with E-state index in [4.69, 9.17) is 0 Å². The van der Waals surface area contributed by atoms with Crippen LogP contribution in [0.15, 0.2) is 35.5 Å². The number of nitrogens with zero attached hydrogens (tertiary/aromatic N) is 3. The van der Waals surface area contributed by atoms with Crippen LogP contribution in [-0.2, 0) is 11.2 Å². The van der Waals surface area contributed by atoms with Crippen molar-refractivity contribution in [2.24, 2.45) is 5.92 Å². The van der Waals surface area contributed by atoms with Crippen molar-refractivity contribution in [3.05, 3.63) is 41.7 Å². The standard InChI is InChI=1S/C15H16FN3OS/c16-12-8-13(11-4-2-1-3-5-11)19-14(12)17-15(18-19)21(20)9-10-6-7-10/h1-5,10,12-13H,6-9H2/t12-,13-,21+/m0/s1. The first-order valence-corrected chi connectivity index (χ1v) is 8.58. The van der Waals surface area contributed by atoms with Crippen LogP contribution >= 0.6 is 0 Å². The maximum absolute atomic E-state index is 14.2. The molecule has 0 N–H and O–H groups in total. The Morgan fingerprint density at radius 1 is 1.29 bits per heavy atom. The summed E-state index contributed by atoms with van der Waals surface area (Å²) in [5.74, 6) is 1.47. The average molecular weight is 305 g/mol. The first kappa shape index (κ1) is 13.3. The summed E-state index contributed by atoms with van der Waals surface area (Å²) in [6.45, 7) is 0. The molecule has 0 saturated heterocycles. The van der Waals surface area contributed by atoms with E-state index in [0.717, 1.165) is 18.4 Å². The number of rotatable bonds is 4. The van der Waals surface area contributed by atoms with E-state index >= 15 is 0 Å². The largest absolute Gasteiger partial charge is 0.609 e. The smallest absolute Gasteiger partial charge is 0.361 e. The summed E-state index contributed by atoms with van der Waals surface area (Å²) in [5, 5.41) is 4.64. The van der Waals surface area contributed by atoms with Crippen molar-refractivity contribution in [1.82, 2.24) is 14.8 Å². The SMILES string of the molecule is [O-][S@+](CC1CC1)c1nc2n(n1)[C@H](c1ccccc1)C[C@@H]2F. The normalized spacial score (nSPS) is 25.8. The molecule has 2 aromatic rings. The van der Waals surface area contributed by atoms with Crippen molar-refractivity contribution >= 4 is 11.2 Å². The predicted octanol–water partition coefficient (Wildman–Crippen LogP) is 2.80. The molecule has 1 fully saturated rings. The second kappa shape index (κ2) is 5.10. The first-order chi connectivity index (χ1) is 10.2. The van der Waals surface area contributed by atoms with Gasteiger partial charge in [-0.25, -0.2) is 9.07 Å². The van der Waals surface area contributed by atoms with Crippen LogP contribution in [-0.4, -0.2) is 25.1 Å². The van der Waals surface area contributed by atoms with E-state index in [0.29, 0.717) is 29.1 Å². The molecule has 3 atom stereocenters. The number of halogens is 1. The minimum atomic E-state index is -1.20. The van der Waals surface area contributed by atoms with E-state index in [9.17, 15) is 8.94 Å². The van der Waals surface area contributed by atoms with Gasteiger partial charge in [0.15, 0.2) is 12.0 Å². The van der Waals surface area contributed by atoms with E-state index in [1.165, 1.54) is 0 Å². The van der Waals surface area contributed by atoms with Gasteiger partial charge in [0.25, 0.3) is 0 Å². The summed E-state index contributed by atoms with van der Waals surface area (Å²) in [5.41, 5.74) is 1.02. The minimum absolute atomic E-state index is 0.143.